The average Bonchev–Trinajstić information content (AvgIpc) is 3.22. The van der Waals surface area contributed by atoms with Gasteiger partial charge < -0.3 is 5.32 Å². The molecule has 1 N–H and O–H groups in total. The number of aryl methyl sites for hydroxylation is 2. The first-order valence-corrected chi connectivity index (χ1v) is 10.0. The van der Waals surface area contributed by atoms with Gasteiger partial charge in [0.05, 0.1) is 5.69 Å². The van der Waals surface area contributed by atoms with Gasteiger partial charge in [0, 0.05) is 18.0 Å². The minimum Gasteiger partial charge on any atom is -0.300 e. The average molecular weight is 459 g/mol. The van der Waals surface area contributed by atoms with Crippen molar-refractivity contribution in [1.29, 1.82) is 0 Å². The van der Waals surface area contributed by atoms with Crippen molar-refractivity contribution >= 4 is 49.3 Å². The van der Waals surface area contributed by atoms with Gasteiger partial charge in [-0.15, -0.1) is 11.3 Å². The Labute approximate surface area is 172 Å². The molecular weight excluding hydrogens is 444 g/mol. The highest BCUT2D eigenvalue weighted by Crippen LogP contribution is 2.27. The third kappa shape index (κ3) is 3.36. The molecule has 1 amide bonds. The molecular formula is C18H15BrN6O2S. The molecule has 0 unspecified atom stereocenters. The van der Waals surface area contributed by atoms with Gasteiger partial charge in [-0.3, -0.25) is 14.2 Å². The summed E-state index contributed by atoms with van der Waals surface area (Å²) >= 11 is 4.60. The summed E-state index contributed by atoms with van der Waals surface area (Å²) in [4.78, 5) is 33.7. The van der Waals surface area contributed by atoms with Crippen LogP contribution in [0.15, 0.2) is 45.4 Å². The van der Waals surface area contributed by atoms with E-state index in [1.54, 1.807) is 7.05 Å². The highest BCUT2D eigenvalue weighted by atomic mass is 79.9. The predicted molar refractivity (Wildman–Crippen MR) is 111 cm³/mol. The van der Waals surface area contributed by atoms with E-state index in [0.717, 1.165) is 16.8 Å². The fraction of sp³-hybridized carbons (Fsp3) is 0.167. The Balaban J connectivity index is 1.54. The van der Waals surface area contributed by atoms with Crippen LogP contribution in [0, 0.1) is 6.92 Å². The van der Waals surface area contributed by atoms with Crippen LogP contribution in [-0.4, -0.2) is 30.2 Å². The maximum Gasteiger partial charge on any atom is 0.266 e. The molecule has 0 atom stereocenters. The highest BCUT2D eigenvalue weighted by Gasteiger charge is 2.16. The van der Waals surface area contributed by atoms with E-state index in [-0.39, 0.29) is 18.0 Å². The van der Waals surface area contributed by atoms with Crippen LogP contribution in [0.25, 0.3) is 22.3 Å². The Bertz CT molecular complexity index is 1260. The van der Waals surface area contributed by atoms with Crippen molar-refractivity contribution in [3.63, 3.8) is 0 Å². The molecule has 28 heavy (non-hydrogen) atoms. The third-order valence-electron chi connectivity index (χ3n) is 4.25. The normalized spacial score (nSPS) is 11.1. The van der Waals surface area contributed by atoms with Crippen molar-refractivity contribution in [2.24, 2.45) is 7.05 Å². The summed E-state index contributed by atoms with van der Waals surface area (Å²) in [7, 11) is 1.70. The van der Waals surface area contributed by atoms with Crippen LogP contribution < -0.4 is 10.9 Å². The first kappa shape index (κ1) is 18.5. The quantitative estimate of drug-likeness (QED) is 0.507. The number of carbonyl (C=O) groups excluding carboxylic acids is 1. The lowest BCUT2D eigenvalue weighted by molar-refractivity contribution is -0.116. The molecule has 4 rings (SSSR count). The molecule has 8 nitrogen and oxygen atoms in total. The van der Waals surface area contributed by atoms with Crippen molar-refractivity contribution in [1.82, 2.24) is 24.3 Å². The van der Waals surface area contributed by atoms with Crippen LogP contribution in [0.1, 0.15) is 5.56 Å². The van der Waals surface area contributed by atoms with E-state index >= 15 is 0 Å². The van der Waals surface area contributed by atoms with Crippen molar-refractivity contribution in [2.75, 3.05) is 5.32 Å². The molecule has 3 aromatic heterocycles. The summed E-state index contributed by atoms with van der Waals surface area (Å²) in [5, 5.41) is 9.58. The minimum atomic E-state index is -0.353. The fourth-order valence-corrected chi connectivity index (χ4v) is 4.19. The first-order valence-electron chi connectivity index (χ1n) is 8.33. The van der Waals surface area contributed by atoms with E-state index in [4.69, 9.17) is 0 Å². The summed E-state index contributed by atoms with van der Waals surface area (Å²) < 4.78 is 3.16. The number of hydrogen-bond donors (Lipinski definition) is 1. The number of aromatic nitrogens is 5. The maximum atomic E-state index is 12.6. The largest absolute Gasteiger partial charge is 0.300 e. The van der Waals surface area contributed by atoms with Crippen LogP contribution in [0.3, 0.4) is 0 Å². The van der Waals surface area contributed by atoms with Gasteiger partial charge in [-0.05, 0) is 28.4 Å². The molecule has 0 spiro atoms. The van der Waals surface area contributed by atoms with E-state index in [0.29, 0.717) is 20.8 Å². The summed E-state index contributed by atoms with van der Waals surface area (Å²) in [5.74, 6) is -0.353. The molecule has 0 fully saturated rings. The molecule has 0 aliphatic heterocycles. The number of thiazole rings is 1. The Kier molecular flexibility index (Phi) is 4.82. The van der Waals surface area contributed by atoms with Gasteiger partial charge in [0.15, 0.2) is 10.8 Å². The smallest absolute Gasteiger partial charge is 0.266 e. The van der Waals surface area contributed by atoms with Gasteiger partial charge in [0.25, 0.3) is 5.56 Å². The zero-order valence-electron chi connectivity index (χ0n) is 15.0. The molecule has 1 aromatic carbocycles. The molecule has 0 aliphatic rings. The second kappa shape index (κ2) is 7.28. The lowest BCUT2D eigenvalue weighted by Crippen LogP contribution is -2.28. The highest BCUT2D eigenvalue weighted by molar-refractivity contribution is 9.10. The lowest BCUT2D eigenvalue weighted by atomic mass is 10.1. The second-order valence-electron chi connectivity index (χ2n) is 6.19. The van der Waals surface area contributed by atoms with E-state index in [1.807, 2.05) is 36.6 Å². The summed E-state index contributed by atoms with van der Waals surface area (Å²) in [6.07, 6.45) is 1.35. The van der Waals surface area contributed by atoms with Gasteiger partial charge in [-0.1, -0.05) is 24.3 Å². The Morgan fingerprint density at radius 1 is 1.32 bits per heavy atom. The Morgan fingerprint density at radius 3 is 2.89 bits per heavy atom. The van der Waals surface area contributed by atoms with E-state index < -0.39 is 0 Å². The van der Waals surface area contributed by atoms with Crippen molar-refractivity contribution in [3.8, 4) is 11.3 Å². The molecule has 0 saturated heterocycles. The summed E-state index contributed by atoms with van der Waals surface area (Å²) in [6.45, 7) is 1.85. The van der Waals surface area contributed by atoms with Crippen LogP contribution >= 0.6 is 27.3 Å². The fourth-order valence-electron chi connectivity index (χ4n) is 2.88. The SMILES string of the molecule is Cc1ccccc1-c1csc(NC(=O)Cn2cnc3c(c(Br)nn3C)c2=O)n1. The standard InChI is InChI=1S/C18H15BrN6O2S/c1-10-5-3-4-6-11(10)12-8-28-18(21-12)22-13(26)7-25-9-20-16-14(17(25)27)15(19)23-24(16)2/h3-6,8-9H,7H2,1-2H3,(H,21,22,26). The predicted octanol–water partition coefficient (Wildman–Crippen LogP) is 2.96. The van der Waals surface area contributed by atoms with Crippen molar-refractivity contribution in [3.05, 3.63) is 56.5 Å². The number of fused-ring (bicyclic) bond motifs is 1. The summed E-state index contributed by atoms with van der Waals surface area (Å²) in [5.41, 5.74) is 3.05. The van der Waals surface area contributed by atoms with Crippen LogP contribution in [0.4, 0.5) is 5.13 Å². The van der Waals surface area contributed by atoms with Crippen molar-refractivity contribution < 1.29 is 4.79 Å². The number of halogens is 1. The number of nitrogens with one attached hydrogen (secondary N) is 1. The number of carbonyl (C=O) groups is 1. The number of nitrogens with zero attached hydrogens (tertiary/aromatic N) is 5. The zero-order chi connectivity index (χ0) is 19.8. The maximum absolute atomic E-state index is 12.6. The number of amides is 1. The van der Waals surface area contributed by atoms with Gasteiger partial charge in [0.2, 0.25) is 5.91 Å². The molecule has 4 aromatic rings. The number of benzene rings is 1. The topological polar surface area (TPSA) is 94.7 Å². The van der Waals surface area contributed by atoms with Gasteiger partial charge >= 0.3 is 0 Å². The van der Waals surface area contributed by atoms with E-state index in [2.05, 4.69) is 36.3 Å². The molecule has 10 heteroatoms. The van der Waals surface area contributed by atoms with Crippen LogP contribution in [0.5, 0.6) is 0 Å². The lowest BCUT2D eigenvalue weighted by Gasteiger charge is -2.05. The molecule has 142 valence electrons. The number of anilines is 1. The van der Waals surface area contributed by atoms with Crippen molar-refractivity contribution in [2.45, 2.75) is 13.5 Å². The third-order valence-corrected chi connectivity index (χ3v) is 5.57. The first-order chi connectivity index (χ1) is 13.4. The molecule has 3 heterocycles. The molecule has 0 bridgehead atoms. The van der Waals surface area contributed by atoms with Crippen LogP contribution in [0.2, 0.25) is 0 Å². The zero-order valence-corrected chi connectivity index (χ0v) is 17.4. The van der Waals surface area contributed by atoms with E-state index in [1.165, 1.54) is 26.9 Å². The Morgan fingerprint density at radius 2 is 2.11 bits per heavy atom. The molecule has 0 radical (unpaired) electrons. The Hall–Kier alpha value is -2.85. The van der Waals surface area contributed by atoms with Crippen LogP contribution in [-0.2, 0) is 18.4 Å². The number of rotatable bonds is 4. The monoisotopic (exact) mass is 458 g/mol. The minimum absolute atomic E-state index is 0.164. The molecule has 0 aliphatic carbocycles. The molecule has 0 saturated carbocycles. The second-order valence-corrected chi connectivity index (χ2v) is 7.80. The van der Waals surface area contributed by atoms with Gasteiger partial charge in [-0.25, -0.2) is 14.6 Å². The van der Waals surface area contributed by atoms with Gasteiger partial charge in [0.1, 0.15) is 22.9 Å². The summed E-state index contributed by atoms with van der Waals surface area (Å²) in [6, 6.07) is 7.92. The van der Waals surface area contributed by atoms with E-state index in [9.17, 15) is 9.59 Å². The van der Waals surface area contributed by atoms with Gasteiger partial charge in [-0.2, -0.15) is 5.10 Å². The number of hydrogen-bond acceptors (Lipinski definition) is 6.